The van der Waals surface area contributed by atoms with E-state index in [1.54, 1.807) is 30.3 Å². The Bertz CT molecular complexity index is 1150. The van der Waals surface area contributed by atoms with Crippen molar-refractivity contribution in [3.05, 3.63) is 93.8 Å². The zero-order valence-electron chi connectivity index (χ0n) is 17.6. The first-order chi connectivity index (χ1) is 16.0. The number of hydrogen-bond donors (Lipinski definition) is 1. The number of ether oxygens (including phenoxy) is 2. The molecule has 0 aliphatic carbocycles. The topological polar surface area (TPSA) is 112 Å². The van der Waals surface area contributed by atoms with Crippen LogP contribution in [-0.2, 0) is 16.2 Å². The number of rotatable bonds is 10. The second-order valence-electron chi connectivity index (χ2n) is 6.66. The largest absolute Gasteiger partial charge is 0.493 e. The van der Waals surface area contributed by atoms with Gasteiger partial charge in [0.15, 0.2) is 18.1 Å². The average molecular weight is 453 g/mol. The molecule has 3 aromatic rings. The zero-order valence-corrected chi connectivity index (χ0v) is 17.6. The van der Waals surface area contributed by atoms with E-state index in [0.29, 0.717) is 22.6 Å². The number of carbonyl (C=O) groups excluding carboxylic acids is 1. The van der Waals surface area contributed by atoms with Gasteiger partial charge in [-0.3, -0.25) is 14.9 Å². The fourth-order valence-corrected chi connectivity index (χ4v) is 2.78. The Morgan fingerprint density at radius 3 is 2.64 bits per heavy atom. The van der Waals surface area contributed by atoms with E-state index in [4.69, 9.17) is 14.3 Å². The molecule has 170 valence electrons. The molecule has 0 heterocycles. The first-order valence-corrected chi connectivity index (χ1v) is 9.70. The van der Waals surface area contributed by atoms with Crippen LogP contribution in [0, 0.1) is 15.9 Å². The van der Waals surface area contributed by atoms with Gasteiger partial charge in [-0.25, -0.2) is 4.39 Å². The van der Waals surface area contributed by atoms with Crippen LogP contribution in [0.5, 0.6) is 11.5 Å². The number of methoxy groups -OCH3 is 1. The van der Waals surface area contributed by atoms with Crippen molar-refractivity contribution in [3.8, 4) is 11.5 Å². The number of nitrogens with zero attached hydrogens (tertiary/aromatic N) is 2. The summed E-state index contributed by atoms with van der Waals surface area (Å²) in [5.41, 5.74) is 1.47. The lowest BCUT2D eigenvalue weighted by Crippen LogP contribution is -2.20. The molecular weight excluding hydrogens is 433 g/mol. The van der Waals surface area contributed by atoms with Crippen LogP contribution < -0.4 is 14.8 Å². The molecule has 0 spiro atoms. The Morgan fingerprint density at radius 1 is 1.15 bits per heavy atom. The fraction of sp³-hybridized carbons (Fsp3) is 0.130. The molecule has 1 amide bonds. The Morgan fingerprint density at radius 2 is 1.91 bits per heavy atom. The highest BCUT2D eigenvalue weighted by molar-refractivity contribution is 5.92. The molecule has 0 radical (unpaired) electrons. The van der Waals surface area contributed by atoms with E-state index in [-0.39, 0.29) is 24.7 Å². The normalized spacial score (nSPS) is 10.6. The lowest BCUT2D eigenvalue weighted by molar-refractivity contribution is -0.384. The summed E-state index contributed by atoms with van der Waals surface area (Å²) in [6.45, 7) is -0.300. The standard InChI is InChI=1S/C23H20FN3O6/c1-31-21-7-3-5-17(13-25-33-14-16-4-2-6-20(12-16)27(29)30)23(21)32-15-22(28)26-19-10-8-18(24)9-11-19/h2-13H,14-15H2,1H3,(H,26,28)/b25-13-. The van der Waals surface area contributed by atoms with Crippen LogP contribution in [0.3, 0.4) is 0 Å². The molecule has 0 aliphatic rings. The number of anilines is 1. The van der Waals surface area contributed by atoms with Crippen molar-refractivity contribution in [1.82, 2.24) is 0 Å². The molecule has 0 fully saturated rings. The lowest BCUT2D eigenvalue weighted by Gasteiger charge is -2.13. The number of carbonyl (C=O) groups is 1. The van der Waals surface area contributed by atoms with E-state index < -0.39 is 16.6 Å². The maximum Gasteiger partial charge on any atom is 0.269 e. The van der Waals surface area contributed by atoms with Gasteiger partial charge in [0.05, 0.1) is 18.2 Å². The quantitative estimate of drug-likeness (QED) is 0.278. The third-order valence-electron chi connectivity index (χ3n) is 4.32. The SMILES string of the molecule is COc1cccc(/C=N\OCc2cccc([N+](=O)[O-])c2)c1OCC(=O)Nc1ccc(F)cc1. The summed E-state index contributed by atoms with van der Waals surface area (Å²) in [5, 5.41) is 17.3. The van der Waals surface area contributed by atoms with Gasteiger partial charge >= 0.3 is 0 Å². The van der Waals surface area contributed by atoms with Crippen LogP contribution in [0.1, 0.15) is 11.1 Å². The molecule has 9 nitrogen and oxygen atoms in total. The molecule has 1 N–H and O–H groups in total. The van der Waals surface area contributed by atoms with Gasteiger partial charge in [-0.1, -0.05) is 23.4 Å². The molecule has 33 heavy (non-hydrogen) atoms. The van der Waals surface area contributed by atoms with Crippen molar-refractivity contribution in [3.63, 3.8) is 0 Å². The molecule has 0 atom stereocenters. The molecular formula is C23H20FN3O6. The summed E-state index contributed by atoms with van der Waals surface area (Å²) in [4.78, 5) is 27.8. The van der Waals surface area contributed by atoms with E-state index >= 15 is 0 Å². The first-order valence-electron chi connectivity index (χ1n) is 9.70. The maximum absolute atomic E-state index is 13.0. The van der Waals surface area contributed by atoms with Crippen molar-refractivity contribution in [2.45, 2.75) is 6.61 Å². The minimum atomic E-state index is -0.487. The van der Waals surface area contributed by atoms with Gasteiger partial charge in [0, 0.05) is 23.4 Å². The molecule has 0 aromatic heterocycles. The Balaban J connectivity index is 1.63. The summed E-state index contributed by atoms with van der Waals surface area (Å²) < 4.78 is 23.9. The minimum Gasteiger partial charge on any atom is -0.493 e. The number of oxime groups is 1. The molecule has 0 aliphatic heterocycles. The van der Waals surface area contributed by atoms with Crippen LogP contribution in [0.4, 0.5) is 15.8 Å². The summed E-state index contributed by atoms with van der Waals surface area (Å²) >= 11 is 0. The monoisotopic (exact) mass is 453 g/mol. The van der Waals surface area contributed by atoms with Gasteiger partial charge < -0.3 is 19.6 Å². The van der Waals surface area contributed by atoms with Gasteiger partial charge in [0.25, 0.3) is 11.6 Å². The maximum atomic E-state index is 13.0. The fourth-order valence-electron chi connectivity index (χ4n) is 2.78. The second-order valence-corrected chi connectivity index (χ2v) is 6.66. The Hall–Kier alpha value is -4.47. The van der Waals surface area contributed by atoms with Crippen LogP contribution in [0.15, 0.2) is 71.9 Å². The number of hydrogen-bond acceptors (Lipinski definition) is 7. The number of nitro benzene ring substituents is 1. The van der Waals surface area contributed by atoms with E-state index in [9.17, 15) is 19.3 Å². The molecule has 0 saturated carbocycles. The number of amides is 1. The van der Waals surface area contributed by atoms with Crippen LogP contribution in [-0.4, -0.2) is 30.8 Å². The number of halogens is 1. The summed E-state index contributed by atoms with van der Waals surface area (Å²) in [5.74, 6) is -0.198. The summed E-state index contributed by atoms with van der Waals surface area (Å²) in [6, 6.07) is 16.4. The zero-order chi connectivity index (χ0) is 23.6. The molecule has 3 rings (SSSR count). The van der Waals surface area contributed by atoms with Crippen molar-refractivity contribution >= 4 is 23.5 Å². The molecule has 0 saturated heterocycles. The molecule has 10 heteroatoms. The lowest BCUT2D eigenvalue weighted by atomic mass is 10.2. The highest BCUT2D eigenvalue weighted by Gasteiger charge is 2.12. The van der Waals surface area contributed by atoms with E-state index in [1.165, 1.54) is 49.7 Å². The smallest absolute Gasteiger partial charge is 0.269 e. The first kappa shape index (κ1) is 23.2. The molecule has 3 aromatic carbocycles. The minimum absolute atomic E-state index is 0.0262. The van der Waals surface area contributed by atoms with Gasteiger partial charge in [0.2, 0.25) is 0 Å². The number of nitrogens with one attached hydrogen (secondary N) is 1. The van der Waals surface area contributed by atoms with E-state index in [1.807, 2.05) is 0 Å². The number of benzene rings is 3. The van der Waals surface area contributed by atoms with Crippen LogP contribution in [0.25, 0.3) is 0 Å². The van der Waals surface area contributed by atoms with Gasteiger partial charge in [-0.05, 0) is 42.0 Å². The van der Waals surface area contributed by atoms with E-state index in [2.05, 4.69) is 10.5 Å². The van der Waals surface area contributed by atoms with Crippen molar-refractivity contribution in [1.29, 1.82) is 0 Å². The van der Waals surface area contributed by atoms with Crippen molar-refractivity contribution < 1.29 is 28.4 Å². The highest BCUT2D eigenvalue weighted by atomic mass is 19.1. The average Bonchev–Trinajstić information content (AvgIpc) is 2.82. The number of non-ortho nitro benzene ring substituents is 1. The van der Waals surface area contributed by atoms with Gasteiger partial charge in [-0.2, -0.15) is 0 Å². The Labute approximate surface area is 188 Å². The van der Waals surface area contributed by atoms with Gasteiger partial charge in [-0.15, -0.1) is 0 Å². The van der Waals surface area contributed by atoms with Crippen LogP contribution in [0.2, 0.25) is 0 Å². The summed E-state index contributed by atoms with van der Waals surface area (Å²) in [7, 11) is 1.46. The number of para-hydroxylation sites is 1. The van der Waals surface area contributed by atoms with Gasteiger partial charge in [0.1, 0.15) is 12.4 Å². The van der Waals surface area contributed by atoms with E-state index in [0.717, 1.165) is 0 Å². The van der Waals surface area contributed by atoms with Crippen molar-refractivity contribution in [2.75, 3.05) is 19.0 Å². The molecule has 0 unspecified atom stereocenters. The summed E-state index contributed by atoms with van der Waals surface area (Å²) in [6.07, 6.45) is 1.38. The third kappa shape index (κ3) is 6.76. The van der Waals surface area contributed by atoms with Crippen LogP contribution >= 0.6 is 0 Å². The predicted molar refractivity (Wildman–Crippen MR) is 119 cm³/mol. The predicted octanol–water partition coefficient (Wildman–Crippen LogP) is 4.31. The molecule has 0 bridgehead atoms. The second kappa shape index (κ2) is 11.2. The number of nitro groups is 1. The highest BCUT2D eigenvalue weighted by Crippen LogP contribution is 2.30. The third-order valence-corrected chi connectivity index (χ3v) is 4.32. The van der Waals surface area contributed by atoms with Crippen molar-refractivity contribution in [2.24, 2.45) is 5.16 Å². The Kier molecular flexibility index (Phi) is 7.90.